The van der Waals surface area contributed by atoms with Gasteiger partial charge in [0.25, 0.3) is 0 Å². The highest BCUT2D eigenvalue weighted by Gasteiger charge is 1.92. The van der Waals surface area contributed by atoms with Crippen molar-refractivity contribution in [2.45, 2.75) is 6.42 Å². The summed E-state index contributed by atoms with van der Waals surface area (Å²) in [7, 11) is 1.68. The van der Waals surface area contributed by atoms with E-state index in [-0.39, 0.29) is 0 Å². The highest BCUT2D eigenvalue weighted by atomic mass is 16.5. The monoisotopic (exact) mass is 207 g/mol. The number of benzene rings is 1. The lowest BCUT2D eigenvalue weighted by atomic mass is 10.3. The van der Waals surface area contributed by atoms with Gasteiger partial charge in [-0.05, 0) is 18.6 Å². The lowest BCUT2D eigenvalue weighted by molar-refractivity contribution is 0.197. The van der Waals surface area contributed by atoms with Crippen molar-refractivity contribution in [1.82, 2.24) is 0 Å². The molecule has 15 heavy (non-hydrogen) atoms. The lowest BCUT2D eigenvalue weighted by Gasteiger charge is -2.04. The molecule has 0 bridgehead atoms. The quantitative estimate of drug-likeness (QED) is 0.436. The van der Waals surface area contributed by atoms with Gasteiger partial charge in [-0.2, -0.15) is 0 Å². The van der Waals surface area contributed by atoms with Gasteiger partial charge in [-0.25, -0.2) is 0 Å². The van der Waals surface area contributed by atoms with Crippen molar-refractivity contribution in [2.75, 3.05) is 25.6 Å². The number of rotatable bonds is 5. The fourth-order valence-corrected chi connectivity index (χ4v) is 1.12. The Labute approximate surface area is 90.2 Å². The molecule has 3 N–H and O–H groups in total. The molecule has 0 saturated heterocycles. The largest absolute Gasteiger partial charge is 0.385 e. The zero-order chi connectivity index (χ0) is 10.9. The molecule has 1 aromatic carbocycles. The Hall–Kier alpha value is -1.55. The van der Waals surface area contributed by atoms with Gasteiger partial charge in [0.05, 0.1) is 0 Å². The number of nitrogens with zero attached hydrogens (tertiary/aromatic N) is 1. The Balaban J connectivity index is 2.32. The number of hydrogen-bond acceptors (Lipinski definition) is 2. The first kappa shape index (κ1) is 11.5. The van der Waals surface area contributed by atoms with Crippen molar-refractivity contribution in [1.29, 1.82) is 0 Å². The molecule has 0 aliphatic carbocycles. The van der Waals surface area contributed by atoms with Crippen LogP contribution in [0, 0.1) is 0 Å². The number of ether oxygens (including phenoxy) is 1. The second-order valence-corrected chi connectivity index (χ2v) is 3.10. The summed E-state index contributed by atoms with van der Waals surface area (Å²) in [6, 6.07) is 9.73. The second kappa shape index (κ2) is 6.84. The Bertz CT molecular complexity index is 298. The minimum absolute atomic E-state index is 0.442. The van der Waals surface area contributed by atoms with Crippen molar-refractivity contribution in [3.8, 4) is 0 Å². The Morgan fingerprint density at radius 1 is 1.40 bits per heavy atom. The molecular formula is C11H17N3O. The molecule has 0 aliphatic rings. The summed E-state index contributed by atoms with van der Waals surface area (Å²) in [6.07, 6.45) is 0.883. The Kier molecular flexibility index (Phi) is 5.25. The van der Waals surface area contributed by atoms with Crippen LogP contribution in [0.1, 0.15) is 6.42 Å². The van der Waals surface area contributed by atoms with Crippen LogP contribution in [0.2, 0.25) is 0 Å². The van der Waals surface area contributed by atoms with Gasteiger partial charge in [0, 0.05) is 25.9 Å². The summed E-state index contributed by atoms with van der Waals surface area (Å²) in [5.41, 5.74) is 6.64. The third-order valence-corrected chi connectivity index (χ3v) is 1.83. The molecule has 82 valence electrons. The standard InChI is InChI=1S/C11H17N3O/c1-15-9-5-8-13-11(12)14-10-6-3-2-4-7-10/h2-4,6-7H,5,8-9H2,1H3,(H3,12,13,14). The van der Waals surface area contributed by atoms with Crippen LogP contribution in [0.4, 0.5) is 5.69 Å². The third-order valence-electron chi connectivity index (χ3n) is 1.83. The maximum atomic E-state index is 5.69. The average molecular weight is 207 g/mol. The van der Waals surface area contributed by atoms with Crippen molar-refractivity contribution in [3.63, 3.8) is 0 Å². The van der Waals surface area contributed by atoms with Crippen LogP contribution in [-0.2, 0) is 4.74 Å². The number of guanidine groups is 1. The van der Waals surface area contributed by atoms with E-state index in [0.717, 1.165) is 12.1 Å². The highest BCUT2D eigenvalue weighted by molar-refractivity contribution is 5.92. The van der Waals surface area contributed by atoms with E-state index in [2.05, 4.69) is 10.3 Å². The molecule has 1 rings (SSSR count). The maximum Gasteiger partial charge on any atom is 0.193 e. The van der Waals surface area contributed by atoms with E-state index in [1.807, 2.05) is 30.3 Å². The van der Waals surface area contributed by atoms with Crippen molar-refractivity contribution < 1.29 is 4.74 Å². The summed E-state index contributed by atoms with van der Waals surface area (Å²) in [5.74, 6) is 0.442. The molecule has 0 unspecified atom stereocenters. The Morgan fingerprint density at radius 2 is 2.13 bits per heavy atom. The molecule has 1 aromatic rings. The smallest absolute Gasteiger partial charge is 0.193 e. The molecule has 0 aromatic heterocycles. The van der Waals surface area contributed by atoms with Crippen molar-refractivity contribution in [2.24, 2.45) is 10.7 Å². The predicted molar refractivity (Wildman–Crippen MR) is 63.0 cm³/mol. The van der Waals surface area contributed by atoms with Gasteiger partial charge < -0.3 is 15.8 Å². The minimum Gasteiger partial charge on any atom is -0.385 e. The van der Waals surface area contributed by atoms with E-state index in [1.54, 1.807) is 7.11 Å². The summed E-state index contributed by atoms with van der Waals surface area (Å²) < 4.78 is 4.91. The van der Waals surface area contributed by atoms with Gasteiger partial charge in [0.2, 0.25) is 0 Å². The van der Waals surface area contributed by atoms with Crippen LogP contribution < -0.4 is 11.1 Å². The normalized spacial score (nSPS) is 11.4. The molecule has 4 nitrogen and oxygen atoms in total. The number of aliphatic imine (C=N–C) groups is 1. The van der Waals surface area contributed by atoms with Gasteiger partial charge in [-0.1, -0.05) is 18.2 Å². The summed E-state index contributed by atoms with van der Waals surface area (Å²) in [4.78, 5) is 4.16. The zero-order valence-electron chi connectivity index (χ0n) is 8.94. The van der Waals surface area contributed by atoms with E-state index in [0.29, 0.717) is 19.1 Å². The van der Waals surface area contributed by atoms with Crippen LogP contribution in [0.5, 0.6) is 0 Å². The predicted octanol–water partition coefficient (Wildman–Crippen LogP) is 1.45. The first-order valence-corrected chi connectivity index (χ1v) is 4.94. The number of para-hydroxylation sites is 1. The SMILES string of the molecule is COCCCN=C(N)Nc1ccccc1. The van der Waals surface area contributed by atoms with Gasteiger partial charge in [0.1, 0.15) is 0 Å². The molecule has 0 amide bonds. The highest BCUT2D eigenvalue weighted by Crippen LogP contribution is 2.03. The second-order valence-electron chi connectivity index (χ2n) is 3.10. The van der Waals surface area contributed by atoms with E-state index >= 15 is 0 Å². The number of hydrogen-bond donors (Lipinski definition) is 2. The van der Waals surface area contributed by atoms with Gasteiger partial charge >= 0.3 is 0 Å². The zero-order valence-corrected chi connectivity index (χ0v) is 8.94. The number of anilines is 1. The summed E-state index contributed by atoms with van der Waals surface area (Å²) in [6.45, 7) is 1.39. The minimum atomic E-state index is 0.442. The fraction of sp³-hybridized carbons (Fsp3) is 0.364. The van der Waals surface area contributed by atoms with Crippen LogP contribution in [0.15, 0.2) is 35.3 Å². The van der Waals surface area contributed by atoms with Gasteiger partial charge in [-0.15, -0.1) is 0 Å². The van der Waals surface area contributed by atoms with E-state index in [1.165, 1.54) is 0 Å². The molecule has 0 heterocycles. The molecule has 0 atom stereocenters. The molecule has 0 radical (unpaired) electrons. The topological polar surface area (TPSA) is 59.6 Å². The van der Waals surface area contributed by atoms with Crippen LogP contribution in [0.3, 0.4) is 0 Å². The fourth-order valence-electron chi connectivity index (χ4n) is 1.12. The first-order valence-electron chi connectivity index (χ1n) is 4.94. The Morgan fingerprint density at radius 3 is 2.80 bits per heavy atom. The van der Waals surface area contributed by atoms with Crippen LogP contribution in [-0.4, -0.2) is 26.2 Å². The summed E-state index contributed by atoms with van der Waals surface area (Å²) >= 11 is 0. The van der Waals surface area contributed by atoms with Crippen molar-refractivity contribution >= 4 is 11.6 Å². The molecule has 0 aliphatic heterocycles. The number of nitrogens with two attached hydrogens (primary N) is 1. The average Bonchev–Trinajstić information content (AvgIpc) is 2.26. The summed E-state index contributed by atoms with van der Waals surface area (Å²) in [5, 5.41) is 3.01. The van der Waals surface area contributed by atoms with E-state index in [9.17, 15) is 0 Å². The van der Waals surface area contributed by atoms with Crippen LogP contribution >= 0.6 is 0 Å². The van der Waals surface area contributed by atoms with E-state index in [4.69, 9.17) is 10.5 Å². The molecular weight excluding hydrogens is 190 g/mol. The lowest BCUT2D eigenvalue weighted by Crippen LogP contribution is -2.22. The van der Waals surface area contributed by atoms with Crippen molar-refractivity contribution in [3.05, 3.63) is 30.3 Å². The maximum absolute atomic E-state index is 5.69. The van der Waals surface area contributed by atoms with Gasteiger partial charge in [0.15, 0.2) is 5.96 Å². The number of methoxy groups -OCH3 is 1. The molecule has 4 heteroatoms. The third kappa shape index (κ3) is 5.02. The number of nitrogens with one attached hydrogen (secondary N) is 1. The van der Waals surface area contributed by atoms with E-state index < -0.39 is 0 Å². The first-order chi connectivity index (χ1) is 7.33. The van der Waals surface area contributed by atoms with Crippen LogP contribution in [0.25, 0.3) is 0 Å². The molecule has 0 saturated carbocycles. The van der Waals surface area contributed by atoms with Gasteiger partial charge in [-0.3, -0.25) is 4.99 Å². The molecule has 0 fully saturated rings. The molecule has 0 spiro atoms.